The summed E-state index contributed by atoms with van der Waals surface area (Å²) in [7, 11) is 0. The van der Waals surface area contributed by atoms with Gasteiger partial charge in [-0.25, -0.2) is 9.59 Å². The normalized spacial score (nSPS) is 16.8. The topological polar surface area (TPSA) is 178 Å². The smallest absolute Gasteiger partial charge is 0.373 e. The van der Waals surface area contributed by atoms with Crippen LogP contribution in [0, 0.1) is 0 Å². The van der Waals surface area contributed by atoms with Crippen molar-refractivity contribution in [2.45, 2.75) is 165 Å². The molecule has 1 aliphatic heterocycles. The first-order valence-corrected chi connectivity index (χ1v) is 18.3. The minimum Gasteiger partial charge on any atom is -0.463 e. The monoisotopic (exact) mass is 756 g/mol. The Morgan fingerprint density at radius 3 is 1.70 bits per heavy atom. The summed E-state index contributed by atoms with van der Waals surface area (Å²) >= 11 is 0. The third kappa shape index (κ3) is 40.7. The number of aliphatic hydroxyl groups is 1. The van der Waals surface area contributed by atoms with E-state index in [-0.39, 0.29) is 61.9 Å². The molecule has 1 fully saturated rings. The van der Waals surface area contributed by atoms with E-state index < -0.39 is 5.97 Å². The molecule has 306 valence electrons. The van der Waals surface area contributed by atoms with Gasteiger partial charge in [-0.15, -0.1) is 0 Å². The maximum absolute atomic E-state index is 11.4. The van der Waals surface area contributed by atoms with Gasteiger partial charge >= 0.3 is 30.0 Å². The Morgan fingerprint density at radius 1 is 0.830 bits per heavy atom. The van der Waals surface area contributed by atoms with Crippen LogP contribution in [0.1, 0.15) is 138 Å². The van der Waals surface area contributed by atoms with E-state index in [1.165, 1.54) is 13.8 Å². The number of rotatable bonds is 13. The van der Waals surface area contributed by atoms with Crippen LogP contribution in [0.5, 0.6) is 0 Å². The van der Waals surface area contributed by atoms with E-state index in [1.54, 1.807) is 26.0 Å². The van der Waals surface area contributed by atoms with Gasteiger partial charge in [0.1, 0.15) is 13.2 Å². The van der Waals surface area contributed by atoms with Crippen LogP contribution in [0.25, 0.3) is 0 Å². The maximum atomic E-state index is 11.4. The zero-order chi connectivity index (χ0) is 41.8. The van der Waals surface area contributed by atoms with Gasteiger partial charge in [0.2, 0.25) is 0 Å². The standard InChI is InChI=1S/C11H14O2.C10H20O2.C8H12O4.C6H12O2.C4H10O.CO2/c1-3-9(2)13-11(12)10-7-5-4-6-8-10;1-4-6-10-11-8(3)7-9(5-2)12-10;1-6(2)8(10)12-5-4-11-7(3)9;1-4-5(2)8-6(3)7;1-3-4(2)5;2-1-3/h4-9H,3H2,1-2H3;8-10H,4-7H2,1-3H3;1,4-5H2,2-3H3;5H,4H2,1-3H3;4-5H,3H2,1-2H3;. The fourth-order valence-electron chi connectivity index (χ4n) is 3.34. The molecule has 0 amide bonds. The molecule has 13 nitrogen and oxygen atoms in total. The number of ether oxygens (including phenoxy) is 6. The van der Waals surface area contributed by atoms with Crippen molar-refractivity contribution < 1.29 is 62.3 Å². The lowest BCUT2D eigenvalue weighted by atomic mass is 10.1. The van der Waals surface area contributed by atoms with Crippen molar-refractivity contribution >= 4 is 30.0 Å². The largest absolute Gasteiger partial charge is 0.463 e. The minimum absolute atomic E-state index is 0.00675. The quantitative estimate of drug-likeness (QED) is 0.0903. The van der Waals surface area contributed by atoms with E-state index in [0.29, 0.717) is 23.3 Å². The van der Waals surface area contributed by atoms with Crippen molar-refractivity contribution in [2.24, 2.45) is 0 Å². The number of carbonyl (C=O) groups excluding carboxylic acids is 6. The second-order valence-electron chi connectivity index (χ2n) is 12.0. The highest BCUT2D eigenvalue weighted by Crippen LogP contribution is 2.22. The Bertz CT molecular complexity index is 1110. The van der Waals surface area contributed by atoms with E-state index in [2.05, 4.69) is 36.8 Å². The lowest BCUT2D eigenvalue weighted by Crippen LogP contribution is -2.36. The molecule has 2 rings (SSSR count). The van der Waals surface area contributed by atoms with Gasteiger partial charge in [-0.2, -0.15) is 9.59 Å². The molecular weight excluding hydrogens is 688 g/mol. The van der Waals surface area contributed by atoms with E-state index in [1.807, 2.05) is 52.8 Å². The molecule has 6 unspecified atom stereocenters. The molecule has 1 aromatic rings. The minimum atomic E-state index is -0.470. The first kappa shape index (κ1) is 55.8. The highest BCUT2D eigenvalue weighted by molar-refractivity contribution is 5.89. The van der Waals surface area contributed by atoms with Crippen LogP contribution in [0.4, 0.5) is 0 Å². The van der Waals surface area contributed by atoms with Crippen molar-refractivity contribution in [1.82, 2.24) is 0 Å². The van der Waals surface area contributed by atoms with Crippen LogP contribution in [0.2, 0.25) is 0 Å². The van der Waals surface area contributed by atoms with Gasteiger partial charge in [0.05, 0.1) is 36.1 Å². The third-order valence-corrected chi connectivity index (χ3v) is 6.70. The zero-order valence-corrected chi connectivity index (χ0v) is 34.3. The molecule has 0 aromatic heterocycles. The summed E-state index contributed by atoms with van der Waals surface area (Å²) in [6, 6.07) is 9.04. The molecule has 6 atom stereocenters. The average Bonchev–Trinajstić information content (AvgIpc) is 3.11. The Labute approximate surface area is 318 Å². The molecular formula is C40H68O13. The van der Waals surface area contributed by atoms with E-state index in [4.69, 9.17) is 33.6 Å². The summed E-state index contributed by atoms with van der Waals surface area (Å²) in [4.78, 5) is 58.8. The van der Waals surface area contributed by atoms with E-state index >= 15 is 0 Å². The summed E-state index contributed by atoms with van der Waals surface area (Å²) in [5, 5.41) is 8.36. The first-order chi connectivity index (χ1) is 24.9. The second kappa shape index (κ2) is 37.8. The molecule has 0 aliphatic carbocycles. The van der Waals surface area contributed by atoms with Crippen LogP contribution >= 0.6 is 0 Å². The highest BCUT2D eigenvalue weighted by Gasteiger charge is 2.25. The Hall–Kier alpha value is -3.90. The van der Waals surface area contributed by atoms with Gasteiger partial charge in [-0.1, -0.05) is 65.8 Å². The summed E-state index contributed by atoms with van der Waals surface area (Å²) < 4.78 is 30.4. The van der Waals surface area contributed by atoms with Crippen molar-refractivity contribution in [3.05, 3.63) is 48.0 Å². The molecule has 0 radical (unpaired) electrons. The SMILES string of the molecule is C=C(C)C(=O)OCCOC(C)=O.CCC(C)O.CCC(C)OC(=O)c1ccccc1.CCC(C)OC(C)=O.CCCC1OC(C)CC(CC)O1.O=C=O. The van der Waals surface area contributed by atoms with Crippen molar-refractivity contribution in [2.75, 3.05) is 13.2 Å². The van der Waals surface area contributed by atoms with Gasteiger partial charge < -0.3 is 33.5 Å². The van der Waals surface area contributed by atoms with Crippen LogP contribution in [-0.2, 0) is 52.4 Å². The number of hydrogen-bond acceptors (Lipinski definition) is 13. The predicted octanol–water partition coefficient (Wildman–Crippen LogP) is 7.57. The van der Waals surface area contributed by atoms with Crippen molar-refractivity contribution in [3.63, 3.8) is 0 Å². The number of hydrogen-bond donors (Lipinski definition) is 1. The third-order valence-electron chi connectivity index (χ3n) is 6.70. The first-order valence-electron chi connectivity index (χ1n) is 18.3. The number of carbonyl (C=O) groups is 4. The molecule has 1 aromatic carbocycles. The van der Waals surface area contributed by atoms with Crippen LogP contribution in [0.15, 0.2) is 42.5 Å². The van der Waals surface area contributed by atoms with Crippen LogP contribution < -0.4 is 0 Å². The summed E-state index contributed by atoms with van der Waals surface area (Å²) in [5.41, 5.74) is 0.945. The van der Waals surface area contributed by atoms with Gasteiger partial charge in [0, 0.05) is 19.4 Å². The molecule has 1 N–H and O–H groups in total. The fourth-order valence-corrected chi connectivity index (χ4v) is 3.34. The Kier molecular flexibility index (Phi) is 39.9. The van der Waals surface area contributed by atoms with E-state index in [9.17, 15) is 19.2 Å². The van der Waals surface area contributed by atoms with Crippen molar-refractivity contribution in [3.8, 4) is 0 Å². The molecule has 0 saturated carbocycles. The van der Waals surface area contributed by atoms with Gasteiger partial charge in [-0.05, 0) is 85.3 Å². The fraction of sp³-hybridized carbons (Fsp3) is 0.675. The van der Waals surface area contributed by atoms with E-state index in [0.717, 1.165) is 44.9 Å². The average molecular weight is 757 g/mol. The van der Waals surface area contributed by atoms with Gasteiger partial charge in [-0.3, -0.25) is 9.59 Å². The van der Waals surface area contributed by atoms with Crippen LogP contribution in [-0.4, -0.2) is 85.2 Å². The molecule has 0 spiro atoms. The number of aliphatic hydroxyl groups excluding tert-OH is 1. The summed E-state index contributed by atoms with van der Waals surface area (Å²) in [6.07, 6.45) is 7.97. The molecule has 53 heavy (non-hydrogen) atoms. The molecule has 1 saturated heterocycles. The van der Waals surface area contributed by atoms with Crippen LogP contribution in [0.3, 0.4) is 0 Å². The molecule has 1 aliphatic rings. The Morgan fingerprint density at radius 2 is 1.32 bits per heavy atom. The Balaban J connectivity index is -0.000000285. The number of esters is 4. The second-order valence-corrected chi connectivity index (χ2v) is 12.0. The van der Waals surface area contributed by atoms with Gasteiger partial charge in [0.25, 0.3) is 0 Å². The maximum Gasteiger partial charge on any atom is 0.373 e. The summed E-state index contributed by atoms with van der Waals surface area (Å²) in [5.74, 6) is -1.29. The highest BCUT2D eigenvalue weighted by atomic mass is 16.7. The molecule has 0 bridgehead atoms. The predicted molar refractivity (Wildman–Crippen MR) is 202 cm³/mol. The van der Waals surface area contributed by atoms with Crippen molar-refractivity contribution in [1.29, 1.82) is 0 Å². The number of benzene rings is 1. The summed E-state index contributed by atoms with van der Waals surface area (Å²) in [6.45, 7) is 25.7. The molecule has 1 heterocycles. The van der Waals surface area contributed by atoms with Gasteiger partial charge in [0.15, 0.2) is 6.29 Å². The lowest BCUT2D eigenvalue weighted by molar-refractivity contribution is -0.240. The molecule has 13 heteroatoms. The zero-order valence-electron chi connectivity index (χ0n) is 34.3. The lowest BCUT2D eigenvalue weighted by Gasteiger charge is -2.33.